The zero-order valence-electron chi connectivity index (χ0n) is 6.36. The highest BCUT2D eigenvalue weighted by Gasteiger charge is 2.04. The summed E-state index contributed by atoms with van der Waals surface area (Å²) in [6.07, 6.45) is 0. The second-order valence-corrected chi connectivity index (χ2v) is 2.48. The summed E-state index contributed by atoms with van der Waals surface area (Å²) >= 11 is 0. The highest BCUT2D eigenvalue weighted by molar-refractivity contribution is 5.44. The van der Waals surface area contributed by atoms with Crippen LogP contribution in [0.5, 0.6) is 0 Å². The first-order chi connectivity index (χ1) is 5.24. The zero-order chi connectivity index (χ0) is 8.27. The molecule has 2 N–H and O–H groups in total. The first-order valence-corrected chi connectivity index (χ1v) is 3.44. The van der Waals surface area contributed by atoms with Crippen molar-refractivity contribution in [3.63, 3.8) is 0 Å². The predicted molar refractivity (Wildman–Crippen MR) is 43.8 cm³/mol. The van der Waals surface area contributed by atoms with Crippen molar-refractivity contribution in [2.45, 2.75) is 13.0 Å². The van der Waals surface area contributed by atoms with Gasteiger partial charge in [-0.05, 0) is 24.6 Å². The van der Waals surface area contributed by atoms with E-state index in [1.54, 1.807) is 12.1 Å². The van der Waals surface area contributed by atoms with E-state index in [-0.39, 0.29) is 6.04 Å². The van der Waals surface area contributed by atoms with E-state index in [9.17, 15) is 0 Å². The van der Waals surface area contributed by atoms with E-state index in [4.69, 9.17) is 11.1 Å². The quantitative estimate of drug-likeness (QED) is 0.620. The molecular formula is C8H10N3+. The molecule has 3 nitrogen and oxygen atoms in total. The third-order valence-electron chi connectivity index (χ3n) is 1.53. The zero-order valence-corrected chi connectivity index (χ0v) is 6.36. The first kappa shape index (κ1) is 7.70. The van der Waals surface area contributed by atoms with Crippen LogP contribution in [0.3, 0.4) is 0 Å². The average molecular weight is 148 g/mol. The molecule has 1 rings (SSSR count). The van der Waals surface area contributed by atoms with Crippen molar-refractivity contribution >= 4 is 5.69 Å². The molecule has 11 heavy (non-hydrogen) atoms. The van der Waals surface area contributed by atoms with Crippen LogP contribution < -0.4 is 5.73 Å². The number of hydrogen-bond acceptors (Lipinski definition) is 2. The third-order valence-corrected chi connectivity index (χ3v) is 1.53. The van der Waals surface area contributed by atoms with Gasteiger partial charge < -0.3 is 5.73 Å². The van der Waals surface area contributed by atoms with Gasteiger partial charge >= 0.3 is 5.69 Å². The topological polar surface area (TPSA) is 54.2 Å². The van der Waals surface area contributed by atoms with Gasteiger partial charge in [-0.15, -0.1) is 0 Å². The minimum absolute atomic E-state index is 0.0303. The Morgan fingerprint density at radius 3 is 2.27 bits per heavy atom. The van der Waals surface area contributed by atoms with Gasteiger partial charge in [-0.3, -0.25) is 0 Å². The summed E-state index contributed by atoms with van der Waals surface area (Å²) in [6.45, 7) is 1.91. The molecule has 1 aromatic carbocycles. The summed E-state index contributed by atoms with van der Waals surface area (Å²) in [5, 5.41) is 8.36. The molecule has 0 radical (unpaired) electrons. The number of rotatable bonds is 1. The van der Waals surface area contributed by atoms with Crippen LogP contribution in [0.1, 0.15) is 18.5 Å². The van der Waals surface area contributed by atoms with Gasteiger partial charge in [0.05, 0.1) is 0 Å². The second-order valence-electron chi connectivity index (χ2n) is 2.48. The number of nitrogens with zero attached hydrogens (tertiary/aromatic N) is 2. The lowest BCUT2D eigenvalue weighted by Gasteiger charge is -2.01. The van der Waals surface area contributed by atoms with Crippen LogP contribution in [0.2, 0.25) is 0 Å². The molecule has 0 aliphatic rings. The Labute approximate surface area is 65.5 Å². The van der Waals surface area contributed by atoms with Gasteiger partial charge in [-0.1, -0.05) is 0 Å². The minimum Gasteiger partial charge on any atom is -0.324 e. The monoisotopic (exact) mass is 148 g/mol. The Balaban J connectivity index is 2.94. The van der Waals surface area contributed by atoms with Crippen LogP contribution in [0.4, 0.5) is 5.69 Å². The summed E-state index contributed by atoms with van der Waals surface area (Å²) in [4.78, 5) is 3.03. The van der Waals surface area contributed by atoms with E-state index in [1.807, 2.05) is 19.1 Å². The standard InChI is InChI=1S/C8H10N3/c1-6(9)7-2-4-8(11-10)5-3-7/h2-6H,9H2,1H3/q+1. The molecule has 3 heteroatoms. The highest BCUT2D eigenvalue weighted by atomic mass is 14.8. The van der Waals surface area contributed by atoms with Gasteiger partial charge in [0.2, 0.25) is 5.39 Å². The summed E-state index contributed by atoms with van der Waals surface area (Å²) in [5.74, 6) is 0. The first-order valence-electron chi connectivity index (χ1n) is 3.44. The molecule has 0 heterocycles. The predicted octanol–water partition coefficient (Wildman–Crippen LogP) is 2.19. The highest BCUT2D eigenvalue weighted by Crippen LogP contribution is 2.15. The molecule has 0 saturated heterocycles. The molecule has 0 aromatic heterocycles. The Kier molecular flexibility index (Phi) is 2.19. The van der Waals surface area contributed by atoms with E-state index < -0.39 is 0 Å². The van der Waals surface area contributed by atoms with Crippen LogP contribution in [-0.2, 0) is 0 Å². The summed E-state index contributed by atoms with van der Waals surface area (Å²) in [5.41, 5.74) is 7.20. The van der Waals surface area contributed by atoms with Crippen LogP contribution in [-0.4, -0.2) is 0 Å². The fourth-order valence-corrected chi connectivity index (χ4v) is 0.845. The second kappa shape index (κ2) is 3.13. The lowest BCUT2D eigenvalue weighted by molar-refractivity contribution is 0.818. The van der Waals surface area contributed by atoms with Crippen LogP contribution in [0.15, 0.2) is 24.3 Å². The number of hydrogen-bond donors (Lipinski definition) is 1. The Morgan fingerprint density at radius 1 is 1.36 bits per heavy atom. The molecule has 0 bridgehead atoms. The van der Waals surface area contributed by atoms with Gasteiger partial charge in [-0.25, -0.2) is 0 Å². The van der Waals surface area contributed by atoms with E-state index in [1.165, 1.54) is 0 Å². The molecule has 0 aliphatic carbocycles. The van der Waals surface area contributed by atoms with Crippen LogP contribution >= 0.6 is 0 Å². The molecule has 0 spiro atoms. The fourth-order valence-electron chi connectivity index (χ4n) is 0.845. The maximum atomic E-state index is 8.36. The van der Waals surface area contributed by atoms with Gasteiger partial charge in [0.25, 0.3) is 0 Å². The molecule has 1 unspecified atom stereocenters. The van der Waals surface area contributed by atoms with Crippen LogP contribution in [0.25, 0.3) is 4.98 Å². The van der Waals surface area contributed by atoms with E-state index in [0.717, 1.165) is 5.56 Å². The van der Waals surface area contributed by atoms with Crippen molar-refractivity contribution in [3.8, 4) is 0 Å². The van der Waals surface area contributed by atoms with Gasteiger partial charge in [0.1, 0.15) is 0 Å². The van der Waals surface area contributed by atoms with E-state index in [0.29, 0.717) is 5.69 Å². The average Bonchev–Trinajstić information content (AvgIpc) is 2.05. The molecule has 0 amide bonds. The van der Waals surface area contributed by atoms with Gasteiger partial charge in [0, 0.05) is 18.2 Å². The lowest BCUT2D eigenvalue weighted by Crippen LogP contribution is -2.03. The maximum Gasteiger partial charge on any atom is 0.385 e. The van der Waals surface area contributed by atoms with E-state index in [2.05, 4.69) is 4.98 Å². The molecule has 1 aromatic rings. The molecule has 1 atom stereocenters. The molecule has 0 aliphatic heterocycles. The van der Waals surface area contributed by atoms with Crippen molar-refractivity contribution in [1.82, 2.24) is 0 Å². The third kappa shape index (κ3) is 1.76. The number of nitrogens with two attached hydrogens (primary N) is 1. The smallest absolute Gasteiger partial charge is 0.324 e. The van der Waals surface area contributed by atoms with Crippen LogP contribution in [0, 0.1) is 5.39 Å². The summed E-state index contributed by atoms with van der Waals surface area (Å²) in [7, 11) is 0. The molecule has 0 saturated carbocycles. The number of benzene rings is 1. The SMILES string of the molecule is CC(N)c1ccc([N+]#N)cc1. The molecular weight excluding hydrogens is 138 g/mol. The Morgan fingerprint density at radius 2 is 1.91 bits per heavy atom. The lowest BCUT2D eigenvalue weighted by atomic mass is 10.1. The Hall–Kier alpha value is -1.40. The fraction of sp³-hybridized carbons (Fsp3) is 0.250. The largest absolute Gasteiger partial charge is 0.385 e. The maximum absolute atomic E-state index is 8.36. The van der Waals surface area contributed by atoms with Crippen molar-refractivity contribution in [2.24, 2.45) is 5.73 Å². The minimum atomic E-state index is 0.0303. The normalized spacial score (nSPS) is 12.1. The van der Waals surface area contributed by atoms with Gasteiger partial charge in [0.15, 0.2) is 4.98 Å². The number of diazo groups is 1. The molecule has 0 fully saturated rings. The van der Waals surface area contributed by atoms with Gasteiger partial charge in [-0.2, -0.15) is 0 Å². The van der Waals surface area contributed by atoms with Crippen molar-refractivity contribution < 1.29 is 0 Å². The van der Waals surface area contributed by atoms with E-state index >= 15 is 0 Å². The molecule has 56 valence electrons. The summed E-state index contributed by atoms with van der Waals surface area (Å²) in [6, 6.07) is 7.17. The Bertz CT molecular complexity index is 268. The van der Waals surface area contributed by atoms with Crippen molar-refractivity contribution in [1.29, 1.82) is 5.39 Å². The van der Waals surface area contributed by atoms with Crippen molar-refractivity contribution in [2.75, 3.05) is 0 Å². The van der Waals surface area contributed by atoms with Crippen molar-refractivity contribution in [3.05, 3.63) is 34.8 Å². The summed E-state index contributed by atoms with van der Waals surface area (Å²) < 4.78 is 0.